The lowest BCUT2D eigenvalue weighted by Crippen LogP contribution is -2.36. The third-order valence-corrected chi connectivity index (χ3v) is 5.78. The molecule has 1 aliphatic heterocycles. The second-order valence-electron chi connectivity index (χ2n) is 6.80. The van der Waals surface area contributed by atoms with E-state index in [9.17, 15) is 0 Å². The molecule has 0 N–H and O–H groups in total. The van der Waals surface area contributed by atoms with Gasteiger partial charge in [0.05, 0.1) is 12.2 Å². The Balaban J connectivity index is 1.77. The first-order valence-corrected chi connectivity index (χ1v) is 7.32. The molecule has 2 saturated carbocycles. The second kappa shape index (κ2) is 4.01. The number of rotatable bonds is 0. The van der Waals surface area contributed by atoms with Crippen LogP contribution in [0.1, 0.15) is 52.9 Å². The topological polar surface area (TPSA) is 9.23 Å². The summed E-state index contributed by atoms with van der Waals surface area (Å²) in [6.45, 7) is 7.23. The summed E-state index contributed by atoms with van der Waals surface area (Å²) in [6.07, 6.45) is 8.30. The molecule has 1 heterocycles. The molecule has 0 radical (unpaired) electrons. The van der Waals surface area contributed by atoms with Gasteiger partial charge in [0.2, 0.25) is 0 Å². The molecule has 16 heavy (non-hydrogen) atoms. The van der Waals surface area contributed by atoms with Gasteiger partial charge in [0.25, 0.3) is 0 Å². The molecule has 7 atom stereocenters. The standard InChI is InChI=1S/C15H26O/c1-9-4-6-12-13-7-5-10(2)11(3)15(13)16-14(12)8-9/h9-15H,4-8H2,1-3H3. The highest BCUT2D eigenvalue weighted by atomic mass is 16.5. The van der Waals surface area contributed by atoms with E-state index in [0.29, 0.717) is 12.2 Å². The summed E-state index contributed by atoms with van der Waals surface area (Å²) in [4.78, 5) is 0. The average molecular weight is 222 g/mol. The molecular formula is C15H26O. The van der Waals surface area contributed by atoms with Crippen LogP contribution in [-0.4, -0.2) is 12.2 Å². The third kappa shape index (κ3) is 1.63. The van der Waals surface area contributed by atoms with Gasteiger partial charge in [-0.3, -0.25) is 0 Å². The molecule has 7 unspecified atom stereocenters. The van der Waals surface area contributed by atoms with Crippen LogP contribution in [-0.2, 0) is 4.74 Å². The highest BCUT2D eigenvalue weighted by molar-refractivity contribution is 4.98. The van der Waals surface area contributed by atoms with E-state index in [4.69, 9.17) is 4.74 Å². The molecule has 1 nitrogen and oxygen atoms in total. The Labute approximate surface area is 99.9 Å². The van der Waals surface area contributed by atoms with Crippen LogP contribution in [0.2, 0.25) is 0 Å². The van der Waals surface area contributed by atoms with Gasteiger partial charge in [0, 0.05) is 0 Å². The Bertz CT molecular complexity index is 262. The Morgan fingerprint density at radius 1 is 0.875 bits per heavy atom. The van der Waals surface area contributed by atoms with Crippen LogP contribution in [0, 0.1) is 29.6 Å². The number of fused-ring (bicyclic) bond motifs is 3. The molecule has 0 aromatic rings. The van der Waals surface area contributed by atoms with Crippen molar-refractivity contribution in [1.82, 2.24) is 0 Å². The predicted octanol–water partition coefficient (Wildman–Crippen LogP) is 3.87. The smallest absolute Gasteiger partial charge is 0.0638 e. The maximum atomic E-state index is 6.42. The van der Waals surface area contributed by atoms with E-state index < -0.39 is 0 Å². The van der Waals surface area contributed by atoms with Crippen LogP contribution < -0.4 is 0 Å². The predicted molar refractivity (Wildman–Crippen MR) is 66.2 cm³/mol. The van der Waals surface area contributed by atoms with Crippen LogP contribution in [0.4, 0.5) is 0 Å². The van der Waals surface area contributed by atoms with Gasteiger partial charge in [-0.2, -0.15) is 0 Å². The van der Waals surface area contributed by atoms with Crippen molar-refractivity contribution >= 4 is 0 Å². The molecule has 0 aromatic heterocycles. The fraction of sp³-hybridized carbons (Fsp3) is 1.00. The van der Waals surface area contributed by atoms with Gasteiger partial charge in [0.1, 0.15) is 0 Å². The molecule has 3 rings (SSSR count). The minimum Gasteiger partial charge on any atom is -0.374 e. The lowest BCUT2D eigenvalue weighted by atomic mass is 9.67. The molecule has 3 aliphatic rings. The normalized spacial score (nSPS) is 56.8. The van der Waals surface area contributed by atoms with Crippen molar-refractivity contribution in [3.8, 4) is 0 Å². The van der Waals surface area contributed by atoms with E-state index in [1.54, 1.807) is 0 Å². The van der Waals surface area contributed by atoms with Crippen LogP contribution in [0.3, 0.4) is 0 Å². The van der Waals surface area contributed by atoms with E-state index in [1.807, 2.05) is 0 Å². The Morgan fingerprint density at radius 2 is 1.62 bits per heavy atom. The highest BCUT2D eigenvalue weighted by Crippen LogP contribution is 2.51. The van der Waals surface area contributed by atoms with Crippen molar-refractivity contribution in [3.63, 3.8) is 0 Å². The van der Waals surface area contributed by atoms with Crippen LogP contribution >= 0.6 is 0 Å². The largest absolute Gasteiger partial charge is 0.374 e. The SMILES string of the molecule is CC1CCC2C(C1)OC1C(C)C(C)CCC21. The maximum absolute atomic E-state index is 6.42. The van der Waals surface area contributed by atoms with Gasteiger partial charge in [-0.25, -0.2) is 0 Å². The van der Waals surface area contributed by atoms with Crippen molar-refractivity contribution in [2.75, 3.05) is 0 Å². The zero-order valence-electron chi connectivity index (χ0n) is 11.0. The van der Waals surface area contributed by atoms with Gasteiger partial charge in [-0.05, 0) is 55.3 Å². The van der Waals surface area contributed by atoms with Crippen molar-refractivity contribution < 1.29 is 4.74 Å². The van der Waals surface area contributed by atoms with Crippen LogP contribution in [0.5, 0.6) is 0 Å². The van der Waals surface area contributed by atoms with E-state index in [0.717, 1.165) is 29.6 Å². The molecule has 2 aliphatic carbocycles. The van der Waals surface area contributed by atoms with E-state index in [2.05, 4.69) is 20.8 Å². The number of hydrogen-bond acceptors (Lipinski definition) is 1. The van der Waals surface area contributed by atoms with Gasteiger partial charge in [-0.1, -0.05) is 27.2 Å². The van der Waals surface area contributed by atoms with E-state index in [-0.39, 0.29) is 0 Å². The molecule has 92 valence electrons. The van der Waals surface area contributed by atoms with Crippen molar-refractivity contribution in [2.45, 2.75) is 65.1 Å². The summed E-state index contributed by atoms with van der Waals surface area (Å²) in [5, 5.41) is 0. The van der Waals surface area contributed by atoms with Crippen molar-refractivity contribution in [2.24, 2.45) is 29.6 Å². The van der Waals surface area contributed by atoms with Gasteiger partial charge >= 0.3 is 0 Å². The molecule has 0 bridgehead atoms. The monoisotopic (exact) mass is 222 g/mol. The van der Waals surface area contributed by atoms with Crippen molar-refractivity contribution in [1.29, 1.82) is 0 Å². The molecule has 3 fully saturated rings. The summed E-state index contributed by atoms with van der Waals surface area (Å²) in [5.74, 6) is 4.38. The fourth-order valence-corrected chi connectivity index (χ4v) is 4.48. The van der Waals surface area contributed by atoms with Gasteiger partial charge in [-0.15, -0.1) is 0 Å². The lowest BCUT2D eigenvalue weighted by Gasteiger charge is -2.37. The first-order valence-electron chi connectivity index (χ1n) is 7.32. The first-order chi connectivity index (χ1) is 7.66. The lowest BCUT2D eigenvalue weighted by molar-refractivity contribution is -0.0393. The maximum Gasteiger partial charge on any atom is 0.0638 e. The summed E-state index contributed by atoms with van der Waals surface area (Å²) >= 11 is 0. The Morgan fingerprint density at radius 3 is 2.44 bits per heavy atom. The van der Waals surface area contributed by atoms with E-state index in [1.165, 1.54) is 32.1 Å². The third-order valence-electron chi connectivity index (χ3n) is 5.78. The molecule has 1 heteroatoms. The first kappa shape index (κ1) is 11.1. The fourth-order valence-electron chi connectivity index (χ4n) is 4.48. The zero-order valence-corrected chi connectivity index (χ0v) is 11.0. The summed E-state index contributed by atoms with van der Waals surface area (Å²) in [7, 11) is 0. The second-order valence-corrected chi connectivity index (χ2v) is 6.80. The molecule has 0 amide bonds. The average Bonchev–Trinajstić information content (AvgIpc) is 2.62. The zero-order chi connectivity index (χ0) is 11.3. The van der Waals surface area contributed by atoms with Crippen LogP contribution in [0.25, 0.3) is 0 Å². The highest BCUT2D eigenvalue weighted by Gasteiger charge is 2.50. The van der Waals surface area contributed by atoms with Gasteiger partial charge < -0.3 is 4.74 Å². The van der Waals surface area contributed by atoms with E-state index >= 15 is 0 Å². The summed E-state index contributed by atoms with van der Waals surface area (Å²) in [5.41, 5.74) is 0. The Kier molecular flexibility index (Phi) is 2.78. The minimum absolute atomic E-state index is 0.601. The summed E-state index contributed by atoms with van der Waals surface area (Å²) < 4.78 is 6.42. The van der Waals surface area contributed by atoms with Crippen LogP contribution in [0.15, 0.2) is 0 Å². The molecule has 0 aromatic carbocycles. The number of hydrogen-bond donors (Lipinski definition) is 0. The van der Waals surface area contributed by atoms with Gasteiger partial charge in [0.15, 0.2) is 0 Å². The molecular weight excluding hydrogens is 196 g/mol. The Hall–Kier alpha value is -0.0400. The van der Waals surface area contributed by atoms with Crippen molar-refractivity contribution in [3.05, 3.63) is 0 Å². The number of ether oxygens (including phenoxy) is 1. The minimum atomic E-state index is 0.601. The summed E-state index contributed by atoms with van der Waals surface area (Å²) in [6, 6.07) is 0. The quantitative estimate of drug-likeness (QED) is 0.604. The molecule has 1 saturated heterocycles. The molecule has 0 spiro atoms.